The number of piperazine rings is 1. The summed E-state index contributed by atoms with van der Waals surface area (Å²) in [6.45, 7) is 10.5. The Balaban J connectivity index is 1.52. The summed E-state index contributed by atoms with van der Waals surface area (Å²) in [6, 6.07) is 16.2. The number of amides is 1. The van der Waals surface area contributed by atoms with Crippen LogP contribution in [0.5, 0.6) is 0 Å². The summed E-state index contributed by atoms with van der Waals surface area (Å²) in [5.41, 5.74) is 1.30. The first kappa shape index (κ1) is 26.1. The highest BCUT2D eigenvalue weighted by atomic mass is 32.1. The smallest absolute Gasteiger partial charge is 0.232 e. The molecule has 1 aliphatic rings. The van der Waals surface area contributed by atoms with E-state index >= 15 is 0 Å². The Morgan fingerprint density at radius 3 is 2.36 bits per heavy atom. The van der Waals surface area contributed by atoms with E-state index in [0.717, 1.165) is 35.8 Å². The van der Waals surface area contributed by atoms with Gasteiger partial charge in [0.05, 0.1) is 11.1 Å². The van der Waals surface area contributed by atoms with Crippen LogP contribution in [0.3, 0.4) is 0 Å². The molecule has 0 spiro atoms. The number of Topliss-reactive ketones (excluding diaryl/α,β-unsaturated/α-hetero) is 1. The van der Waals surface area contributed by atoms with Crippen LogP contribution in [0.2, 0.25) is 0 Å². The molecule has 0 saturated carbocycles. The lowest BCUT2D eigenvalue weighted by Gasteiger charge is -2.35. The SMILES string of the molecule is C[C@@H]1CN(Cc2sc(NC(=O)C(C)(C)CC(=O)c3ccc(F)cc3)nc2-c2ccccc2)C[C@H](C)N1. The summed E-state index contributed by atoms with van der Waals surface area (Å²) < 4.78 is 13.2. The number of nitrogens with one attached hydrogen (secondary N) is 2. The molecule has 1 saturated heterocycles. The van der Waals surface area contributed by atoms with Gasteiger partial charge in [0.2, 0.25) is 5.91 Å². The quantitative estimate of drug-likeness (QED) is 0.400. The molecule has 1 aromatic heterocycles. The molecule has 4 rings (SSSR count). The van der Waals surface area contributed by atoms with E-state index in [4.69, 9.17) is 4.98 Å². The Morgan fingerprint density at radius 2 is 1.72 bits per heavy atom. The minimum atomic E-state index is -0.965. The Kier molecular flexibility index (Phi) is 7.97. The fourth-order valence-corrected chi connectivity index (χ4v) is 5.61. The third kappa shape index (κ3) is 6.43. The second-order valence-corrected chi connectivity index (χ2v) is 11.3. The average Bonchev–Trinajstić information content (AvgIpc) is 3.21. The number of hydrogen-bond acceptors (Lipinski definition) is 6. The molecule has 3 aromatic rings. The molecule has 2 heterocycles. The highest BCUT2D eigenvalue weighted by Crippen LogP contribution is 2.34. The number of rotatable bonds is 8. The van der Waals surface area contributed by atoms with Gasteiger partial charge in [-0.2, -0.15) is 0 Å². The van der Waals surface area contributed by atoms with Gasteiger partial charge in [-0.25, -0.2) is 9.37 Å². The van der Waals surface area contributed by atoms with Gasteiger partial charge in [0.15, 0.2) is 10.9 Å². The summed E-state index contributed by atoms with van der Waals surface area (Å²) >= 11 is 1.48. The fraction of sp³-hybridized carbons (Fsp3) is 0.393. The lowest BCUT2D eigenvalue weighted by atomic mass is 9.84. The molecule has 0 aliphatic carbocycles. The third-order valence-corrected chi connectivity index (χ3v) is 7.30. The largest absolute Gasteiger partial charge is 0.309 e. The number of halogens is 1. The van der Waals surface area contributed by atoms with Gasteiger partial charge < -0.3 is 10.6 Å². The predicted octanol–water partition coefficient (Wildman–Crippen LogP) is 5.37. The predicted molar refractivity (Wildman–Crippen MR) is 143 cm³/mol. The zero-order valence-electron chi connectivity index (χ0n) is 21.2. The van der Waals surface area contributed by atoms with Gasteiger partial charge >= 0.3 is 0 Å². The maximum absolute atomic E-state index is 13.2. The van der Waals surface area contributed by atoms with Crippen molar-refractivity contribution in [3.05, 3.63) is 70.9 Å². The normalized spacial score (nSPS) is 18.7. The Hall–Kier alpha value is -2.94. The molecule has 0 bridgehead atoms. The zero-order chi connectivity index (χ0) is 25.9. The van der Waals surface area contributed by atoms with Crippen LogP contribution < -0.4 is 10.6 Å². The van der Waals surface area contributed by atoms with Crippen molar-refractivity contribution in [2.75, 3.05) is 18.4 Å². The van der Waals surface area contributed by atoms with Gasteiger partial charge in [0.1, 0.15) is 5.82 Å². The second-order valence-electron chi connectivity index (χ2n) is 10.3. The molecular formula is C28H33FN4O2S. The van der Waals surface area contributed by atoms with E-state index in [2.05, 4.69) is 29.4 Å². The van der Waals surface area contributed by atoms with Gasteiger partial charge in [-0.15, -0.1) is 0 Å². The Bertz CT molecular complexity index is 1200. The van der Waals surface area contributed by atoms with Crippen molar-refractivity contribution in [1.82, 2.24) is 15.2 Å². The molecule has 36 heavy (non-hydrogen) atoms. The van der Waals surface area contributed by atoms with Crippen LogP contribution >= 0.6 is 11.3 Å². The van der Waals surface area contributed by atoms with E-state index in [9.17, 15) is 14.0 Å². The molecule has 0 radical (unpaired) electrons. The van der Waals surface area contributed by atoms with Crippen LogP contribution in [0, 0.1) is 11.2 Å². The van der Waals surface area contributed by atoms with Gasteiger partial charge in [-0.3, -0.25) is 14.5 Å². The molecule has 2 atom stereocenters. The second kappa shape index (κ2) is 11.0. The molecule has 2 N–H and O–H groups in total. The summed E-state index contributed by atoms with van der Waals surface area (Å²) in [6.07, 6.45) is 0.00476. The van der Waals surface area contributed by atoms with E-state index in [1.54, 1.807) is 13.8 Å². The molecule has 1 aliphatic heterocycles. The molecule has 8 heteroatoms. The number of aromatic nitrogens is 1. The lowest BCUT2D eigenvalue weighted by molar-refractivity contribution is -0.123. The standard InChI is InChI=1S/C28H33FN4O2S/c1-18-15-33(16-19(2)30-18)17-24-25(21-8-6-5-7-9-21)31-27(36-24)32-26(35)28(3,4)14-23(34)20-10-12-22(29)13-11-20/h5-13,18-19,30H,14-17H2,1-4H3,(H,31,32,35)/t18-,19+. The van der Waals surface area contributed by atoms with Gasteiger partial charge in [0.25, 0.3) is 0 Å². The van der Waals surface area contributed by atoms with E-state index in [1.165, 1.54) is 35.6 Å². The number of hydrogen-bond donors (Lipinski definition) is 2. The van der Waals surface area contributed by atoms with Crippen molar-refractivity contribution < 1.29 is 14.0 Å². The Morgan fingerprint density at radius 1 is 1.08 bits per heavy atom. The van der Waals surface area contributed by atoms with Crippen molar-refractivity contribution in [3.8, 4) is 11.3 Å². The molecule has 190 valence electrons. The van der Waals surface area contributed by atoms with Crippen molar-refractivity contribution in [2.24, 2.45) is 5.41 Å². The number of thiazole rings is 1. The number of carbonyl (C=O) groups excluding carboxylic acids is 2. The number of ketones is 1. The molecule has 0 unspecified atom stereocenters. The minimum Gasteiger partial charge on any atom is -0.309 e. The summed E-state index contributed by atoms with van der Waals surface area (Å²) in [5.74, 6) is -0.883. The van der Waals surface area contributed by atoms with Crippen LogP contribution in [0.1, 0.15) is 49.4 Å². The van der Waals surface area contributed by atoms with E-state index < -0.39 is 11.2 Å². The lowest BCUT2D eigenvalue weighted by Crippen LogP contribution is -2.53. The maximum Gasteiger partial charge on any atom is 0.232 e. The zero-order valence-corrected chi connectivity index (χ0v) is 22.0. The van der Waals surface area contributed by atoms with Gasteiger partial charge in [0, 0.05) is 54.1 Å². The van der Waals surface area contributed by atoms with Crippen molar-refractivity contribution in [2.45, 2.75) is 52.7 Å². The fourth-order valence-electron chi connectivity index (χ4n) is 4.59. The molecule has 2 aromatic carbocycles. The number of anilines is 1. The van der Waals surface area contributed by atoms with Crippen LogP contribution in [-0.4, -0.2) is 46.7 Å². The van der Waals surface area contributed by atoms with Crippen molar-refractivity contribution in [1.29, 1.82) is 0 Å². The van der Waals surface area contributed by atoms with Crippen LogP contribution in [0.4, 0.5) is 9.52 Å². The van der Waals surface area contributed by atoms with Crippen LogP contribution in [-0.2, 0) is 11.3 Å². The van der Waals surface area contributed by atoms with Crippen molar-refractivity contribution in [3.63, 3.8) is 0 Å². The third-order valence-electron chi connectivity index (χ3n) is 6.35. The summed E-state index contributed by atoms with van der Waals surface area (Å²) in [7, 11) is 0. The maximum atomic E-state index is 13.2. The Labute approximate surface area is 215 Å². The van der Waals surface area contributed by atoms with Gasteiger partial charge in [-0.05, 0) is 38.1 Å². The molecule has 1 amide bonds. The first-order chi connectivity index (χ1) is 17.1. The van der Waals surface area contributed by atoms with Crippen LogP contribution in [0.15, 0.2) is 54.6 Å². The highest BCUT2D eigenvalue weighted by molar-refractivity contribution is 7.16. The average molecular weight is 509 g/mol. The monoisotopic (exact) mass is 508 g/mol. The molecule has 1 fully saturated rings. The molecule has 6 nitrogen and oxygen atoms in total. The number of nitrogens with zero attached hydrogens (tertiary/aromatic N) is 2. The highest BCUT2D eigenvalue weighted by Gasteiger charge is 2.32. The molecular weight excluding hydrogens is 475 g/mol. The van der Waals surface area contributed by atoms with E-state index in [-0.39, 0.29) is 18.1 Å². The van der Waals surface area contributed by atoms with Crippen LogP contribution in [0.25, 0.3) is 11.3 Å². The summed E-state index contributed by atoms with van der Waals surface area (Å²) in [4.78, 5) is 34.2. The summed E-state index contributed by atoms with van der Waals surface area (Å²) in [5, 5.41) is 7.04. The minimum absolute atomic E-state index is 0.00476. The van der Waals surface area contributed by atoms with E-state index in [0.29, 0.717) is 22.8 Å². The topological polar surface area (TPSA) is 74.3 Å². The van der Waals surface area contributed by atoms with E-state index in [1.807, 2.05) is 30.3 Å². The van der Waals surface area contributed by atoms with Crippen molar-refractivity contribution >= 4 is 28.2 Å². The van der Waals surface area contributed by atoms with Gasteiger partial charge in [-0.1, -0.05) is 55.5 Å². The number of benzene rings is 2. The first-order valence-corrected chi connectivity index (χ1v) is 13.1. The number of carbonyl (C=O) groups is 2. The first-order valence-electron chi connectivity index (χ1n) is 12.2.